The average Bonchev–Trinajstić information content (AvgIpc) is 2.61. The Hall–Kier alpha value is -2.18. The van der Waals surface area contributed by atoms with E-state index in [-0.39, 0.29) is 28.0 Å². The number of carbonyl (C=O) groups excluding carboxylic acids is 2. The molecule has 2 aromatic heterocycles. The van der Waals surface area contributed by atoms with Gasteiger partial charge in [-0.3, -0.25) is 9.59 Å². The van der Waals surface area contributed by atoms with Gasteiger partial charge in [0.05, 0.1) is 5.92 Å². The zero-order valence-electron chi connectivity index (χ0n) is 13.3. The van der Waals surface area contributed by atoms with Gasteiger partial charge >= 0.3 is 0 Å². The molecule has 1 aliphatic heterocycles. The molecule has 2 aromatic rings. The van der Waals surface area contributed by atoms with Crippen molar-refractivity contribution >= 4 is 40.8 Å². The highest BCUT2D eigenvalue weighted by molar-refractivity contribution is 6.33. The molecular weight excluding hydrogens is 363 g/mol. The summed E-state index contributed by atoms with van der Waals surface area (Å²) in [5.41, 5.74) is 0.371. The Morgan fingerprint density at radius 3 is 2.64 bits per heavy atom. The summed E-state index contributed by atoms with van der Waals surface area (Å²) in [7, 11) is 0. The Morgan fingerprint density at radius 2 is 1.96 bits per heavy atom. The van der Waals surface area contributed by atoms with E-state index < -0.39 is 0 Å². The second-order valence-electron chi connectivity index (χ2n) is 5.80. The number of pyridine rings is 2. The number of rotatable bonds is 3. The fourth-order valence-electron chi connectivity index (χ4n) is 2.81. The molecule has 0 spiro atoms. The predicted octanol–water partition coefficient (Wildman–Crippen LogP) is 3.27. The van der Waals surface area contributed by atoms with Crippen molar-refractivity contribution in [3.8, 4) is 0 Å². The smallest absolute Gasteiger partial charge is 0.254 e. The third-order valence-electron chi connectivity index (χ3n) is 4.01. The Kier molecular flexibility index (Phi) is 5.50. The fourth-order valence-corrected chi connectivity index (χ4v) is 3.27. The molecule has 6 nitrogen and oxygen atoms in total. The molecular formula is C17H16Cl2N4O2. The van der Waals surface area contributed by atoms with Crippen molar-refractivity contribution in [2.75, 3.05) is 18.4 Å². The first-order valence-electron chi connectivity index (χ1n) is 7.87. The van der Waals surface area contributed by atoms with E-state index >= 15 is 0 Å². The van der Waals surface area contributed by atoms with Crippen LogP contribution in [0, 0.1) is 5.92 Å². The minimum absolute atomic E-state index is 0.137. The largest absolute Gasteiger partial charge is 0.338 e. The van der Waals surface area contributed by atoms with Gasteiger partial charge in [-0.2, -0.15) is 0 Å². The molecule has 0 saturated carbocycles. The lowest BCUT2D eigenvalue weighted by Crippen LogP contribution is -2.43. The van der Waals surface area contributed by atoms with Gasteiger partial charge in [-0.25, -0.2) is 9.97 Å². The number of hydrogen-bond acceptors (Lipinski definition) is 4. The molecule has 0 aromatic carbocycles. The van der Waals surface area contributed by atoms with E-state index in [9.17, 15) is 9.59 Å². The van der Waals surface area contributed by atoms with Crippen molar-refractivity contribution in [2.45, 2.75) is 12.8 Å². The van der Waals surface area contributed by atoms with E-state index in [0.717, 1.165) is 12.8 Å². The quantitative estimate of drug-likeness (QED) is 0.831. The number of aromatic nitrogens is 2. The zero-order chi connectivity index (χ0) is 17.8. The van der Waals surface area contributed by atoms with E-state index in [0.29, 0.717) is 24.5 Å². The molecule has 3 heterocycles. The van der Waals surface area contributed by atoms with E-state index in [1.807, 2.05) is 0 Å². The van der Waals surface area contributed by atoms with Crippen LogP contribution in [-0.2, 0) is 4.79 Å². The molecule has 1 aliphatic rings. The number of anilines is 1. The summed E-state index contributed by atoms with van der Waals surface area (Å²) in [4.78, 5) is 34.7. The Labute approximate surface area is 155 Å². The van der Waals surface area contributed by atoms with E-state index in [1.165, 1.54) is 12.1 Å². The Morgan fingerprint density at radius 1 is 1.20 bits per heavy atom. The maximum atomic E-state index is 12.7. The van der Waals surface area contributed by atoms with Crippen molar-refractivity contribution in [1.29, 1.82) is 0 Å². The van der Waals surface area contributed by atoms with Crippen LogP contribution in [0.1, 0.15) is 23.2 Å². The number of halogens is 2. The van der Waals surface area contributed by atoms with Crippen LogP contribution in [0.25, 0.3) is 0 Å². The molecule has 2 amide bonds. The topological polar surface area (TPSA) is 75.2 Å². The molecule has 130 valence electrons. The third kappa shape index (κ3) is 4.46. The first kappa shape index (κ1) is 17.6. The van der Waals surface area contributed by atoms with Crippen LogP contribution < -0.4 is 5.32 Å². The SMILES string of the molecule is O=C(Nc1ccccn1)C1CCCN(C(=O)c2cc(Cl)nc(Cl)c2)C1. The highest BCUT2D eigenvalue weighted by Crippen LogP contribution is 2.22. The summed E-state index contributed by atoms with van der Waals surface area (Å²) in [6, 6.07) is 8.27. The number of nitrogens with zero attached hydrogens (tertiary/aromatic N) is 3. The number of nitrogens with one attached hydrogen (secondary N) is 1. The van der Waals surface area contributed by atoms with Gasteiger partial charge in [0, 0.05) is 24.8 Å². The van der Waals surface area contributed by atoms with E-state index in [1.54, 1.807) is 29.3 Å². The lowest BCUT2D eigenvalue weighted by molar-refractivity contribution is -0.121. The van der Waals surface area contributed by atoms with Gasteiger partial charge in [0.1, 0.15) is 16.1 Å². The third-order valence-corrected chi connectivity index (χ3v) is 4.39. The molecule has 3 rings (SSSR count). The molecule has 1 unspecified atom stereocenters. The maximum Gasteiger partial charge on any atom is 0.254 e. The summed E-state index contributed by atoms with van der Waals surface area (Å²) in [5, 5.41) is 3.12. The van der Waals surface area contributed by atoms with Crippen molar-refractivity contribution in [3.05, 3.63) is 52.4 Å². The molecule has 0 radical (unpaired) electrons. The maximum absolute atomic E-state index is 12.7. The van der Waals surface area contributed by atoms with Crippen LogP contribution in [0.5, 0.6) is 0 Å². The number of likely N-dealkylation sites (tertiary alicyclic amines) is 1. The summed E-state index contributed by atoms with van der Waals surface area (Å²) in [5.74, 6) is -0.125. The molecule has 0 bridgehead atoms. The van der Waals surface area contributed by atoms with Gasteiger partial charge in [-0.05, 0) is 37.1 Å². The molecule has 1 atom stereocenters. The van der Waals surface area contributed by atoms with Crippen LogP contribution in [0.3, 0.4) is 0 Å². The molecule has 25 heavy (non-hydrogen) atoms. The monoisotopic (exact) mass is 378 g/mol. The second kappa shape index (κ2) is 7.80. The number of hydrogen-bond donors (Lipinski definition) is 1. The van der Waals surface area contributed by atoms with Gasteiger partial charge < -0.3 is 10.2 Å². The summed E-state index contributed by atoms with van der Waals surface area (Å²) >= 11 is 11.7. The summed E-state index contributed by atoms with van der Waals surface area (Å²) in [6.07, 6.45) is 3.09. The minimum atomic E-state index is -0.285. The van der Waals surface area contributed by atoms with Gasteiger partial charge in [0.25, 0.3) is 5.91 Å². The lowest BCUT2D eigenvalue weighted by atomic mass is 9.96. The molecule has 8 heteroatoms. The molecule has 0 aliphatic carbocycles. The Balaban J connectivity index is 1.68. The van der Waals surface area contributed by atoms with Crippen molar-refractivity contribution < 1.29 is 9.59 Å². The van der Waals surface area contributed by atoms with Gasteiger partial charge in [0.2, 0.25) is 5.91 Å². The number of amides is 2. The van der Waals surface area contributed by atoms with Crippen LogP contribution in [0.4, 0.5) is 5.82 Å². The highest BCUT2D eigenvalue weighted by atomic mass is 35.5. The summed E-state index contributed by atoms with van der Waals surface area (Å²) < 4.78 is 0. The van der Waals surface area contributed by atoms with E-state index in [2.05, 4.69) is 15.3 Å². The van der Waals surface area contributed by atoms with Crippen molar-refractivity contribution in [2.24, 2.45) is 5.92 Å². The van der Waals surface area contributed by atoms with E-state index in [4.69, 9.17) is 23.2 Å². The standard InChI is InChI=1S/C17H16Cl2N4O2/c18-13-8-12(9-14(19)21-13)17(25)23-7-3-4-11(10-23)16(24)22-15-5-1-2-6-20-15/h1-2,5-6,8-9,11H,3-4,7,10H2,(H,20,22,24). The predicted molar refractivity (Wildman–Crippen MR) is 95.8 cm³/mol. The minimum Gasteiger partial charge on any atom is -0.338 e. The Bertz CT molecular complexity index is 765. The molecule has 1 saturated heterocycles. The fraction of sp³-hybridized carbons (Fsp3) is 0.294. The lowest BCUT2D eigenvalue weighted by Gasteiger charge is -2.32. The molecule has 1 fully saturated rings. The van der Waals surface area contributed by atoms with Crippen LogP contribution in [0.15, 0.2) is 36.5 Å². The van der Waals surface area contributed by atoms with Crippen LogP contribution in [-0.4, -0.2) is 39.8 Å². The van der Waals surface area contributed by atoms with Crippen LogP contribution >= 0.6 is 23.2 Å². The first-order chi connectivity index (χ1) is 12.0. The van der Waals surface area contributed by atoms with Gasteiger partial charge in [-0.15, -0.1) is 0 Å². The first-order valence-corrected chi connectivity index (χ1v) is 8.63. The van der Waals surface area contributed by atoms with Crippen molar-refractivity contribution in [3.63, 3.8) is 0 Å². The average molecular weight is 379 g/mol. The van der Waals surface area contributed by atoms with Crippen LogP contribution in [0.2, 0.25) is 10.3 Å². The zero-order valence-corrected chi connectivity index (χ0v) is 14.8. The summed E-state index contributed by atoms with van der Waals surface area (Å²) in [6.45, 7) is 0.929. The highest BCUT2D eigenvalue weighted by Gasteiger charge is 2.29. The number of piperidine rings is 1. The molecule has 1 N–H and O–H groups in total. The second-order valence-corrected chi connectivity index (χ2v) is 6.57. The number of carbonyl (C=O) groups is 2. The normalized spacial score (nSPS) is 17.2. The van der Waals surface area contributed by atoms with Gasteiger partial charge in [0.15, 0.2) is 0 Å². The van der Waals surface area contributed by atoms with Gasteiger partial charge in [-0.1, -0.05) is 29.3 Å². The van der Waals surface area contributed by atoms with Crippen molar-refractivity contribution in [1.82, 2.24) is 14.9 Å².